The molecule has 0 bridgehead atoms. The highest BCUT2D eigenvalue weighted by Crippen LogP contribution is 2.44. The number of para-hydroxylation sites is 1. The third kappa shape index (κ3) is 3.86. The third-order valence-electron chi connectivity index (χ3n) is 5.44. The van der Waals surface area contributed by atoms with Crippen molar-refractivity contribution in [1.82, 2.24) is 19.6 Å². The second-order valence-electron chi connectivity index (χ2n) is 7.73. The van der Waals surface area contributed by atoms with E-state index in [0.717, 1.165) is 16.6 Å². The summed E-state index contributed by atoms with van der Waals surface area (Å²) in [5, 5.41) is 14.0. The van der Waals surface area contributed by atoms with Crippen LogP contribution in [0.25, 0.3) is 5.69 Å². The van der Waals surface area contributed by atoms with Crippen molar-refractivity contribution in [3.05, 3.63) is 78.0 Å². The lowest BCUT2D eigenvalue weighted by molar-refractivity contribution is -0.174. The molecular formula is C22H19F3N6O2. The molecule has 3 aromatic heterocycles. The lowest BCUT2D eigenvalue weighted by atomic mass is 10.0. The quantitative estimate of drug-likeness (QED) is 0.457. The molecule has 0 radical (unpaired) electrons. The number of amides is 1. The summed E-state index contributed by atoms with van der Waals surface area (Å²) in [6, 6.07) is 11.4. The number of benzene rings is 1. The Bertz CT molecular complexity index is 1280. The van der Waals surface area contributed by atoms with Gasteiger partial charge >= 0.3 is 6.18 Å². The third-order valence-corrected chi connectivity index (χ3v) is 5.44. The highest BCUT2D eigenvalue weighted by atomic mass is 19.4. The molecule has 4 aromatic rings. The van der Waals surface area contributed by atoms with Gasteiger partial charge in [0.1, 0.15) is 23.0 Å². The van der Waals surface area contributed by atoms with Gasteiger partial charge in [-0.2, -0.15) is 23.4 Å². The molecule has 11 heteroatoms. The topological polar surface area (TPSA) is 89.9 Å². The molecule has 170 valence electrons. The van der Waals surface area contributed by atoms with Crippen LogP contribution in [0.1, 0.15) is 40.3 Å². The van der Waals surface area contributed by atoms with Gasteiger partial charge in [0.05, 0.1) is 29.9 Å². The summed E-state index contributed by atoms with van der Waals surface area (Å²) in [7, 11) is 0. The van der Waals surface area contributed by atoms with E-state index < -0.39 is 24.2 Å². The molecule has 5 rings (SSSR count). The highest BCUT2D eigenvalue weighted by Gasteiger charge is 2.47. The number of carbonyl (C=O) groups excluding carboxylic acids is 1. The number of hydrogen-bond acceptors (Lipinski definition) is 5. The van der Waals surface area contributed by atoms with Crippen LogP contribution in [0.3, 0.4) is 0 Å². The average Bonchev–Trinajstić information content (AvgIpc) is 3.52. The summed E-state index contributed by atoms with van der Waals surface area (Å²) < 4.78 is 49.1. The summed E-state index contributed by atoms with van der Waals surface area (Å²) in [5.74, 6) is 0.0991. The van der Waals surface area contributed by atoms with Crippen molar-refractivity contribution in [2.75, 3.05) is 10.6 Å². The summed E-state index contributed by atoms with van der Waals surface area (Å²) in [5.41, 5.74) is 1.38. The fourth-order valence-electron chi connectivity index (χ4n) is 3.94. The first-order chi connectivity index (χ1) is 15.8. The number of furan rings is 1. The molecule has 2 unspecified atom stereocenters. The van der Waals surface area contributed by atoms with Gasteiger partial charge in [-0.25, -0.2) is 9.36 Å². The van der Waals surface area contributed by atoms with Gasteiger partial charge in [-0.3, -0.25) is 4.79 Å². The summed E-state index contributed by atoms with van der Waals surface area (Å²) in [6.07, 6.45) is -2.33. The molecule has 8 nitrogen and oxygen atoms in total. The summed E-state index contributed by atoms with van der Waals surface area (Å²) >= 11 is 0. The molecular weight excluding hydrogens is 437 g/mol. The highest BCUT2D eigenvalue weighted by molar-refractivity contribution is 6.07. The predicted octanol–water partition coefficient (Wildman–Crippen LogP) is 4.88. The van der Waals surface area contributed by atoms with E-state index in [1.165, 1.54) is 6.26 Å². The SMILES string of the molecule is Cc1cc(NC(=O)c2cnn3c2NC(c2ccco2)CC3C(F)(F)F)n(-c2ccccc2)n1. The molecule has 1 aliphatic heterocycles. The number of aromatic nitrogens is 4. The maximum Gasteiger partial charge on any atom is 0.410 e. The van der Waals surface area contributed by atoms with Gasteiger partial charge in [0.2, 0.25) is 0 Å². The molecule has 0 spiro atoms. The molecule has 2 N–H and O–H groups in total. The molecule has 33 heavy (non-hydrogen) atoms. The molecule has 4 heterocycles. The first-order valence-corrected chi connectivity index (χ1v) is 10.2. The minimum absolute atomic E-state index is 0.0148. The zero-order valence-electron chi connectivity index (χ0n) is 17.4. The Morgan fingerprint density at radius 2 is 2.00 bits per heavy atom. The van der Waals surface area contributed by atoms with Gasteiger partial charge in [0, 0.05) is 12.5 Å². The van der Waals surface area contributed by atoms with E-state index in [1.807, 2.05) is 30.3 Å². The number of carbonyl (C=O) groups is 1. The lowest BCUT2D eigenvalue weighted by Gasteiger charge is -2.32. The lowest BCUT2D eigenvalue weighted by Crippen LogP contribution is -2.36. The van der Waals surface area contributed by atoms with E-state index in [0.29, 0.717) is 17.3 Å². The van der Waals surface area contributed by atoms with Gasteiger partial charge in [0.15, 0.2) is 6.04 Å². The van der Waals surface area contributed by atoms with Gasteiger partial charge < -0.3 is 15.1 Å². The van der Waals surface area contributed by atoms with Crippen molar-refractivity contribution in [2.45, 2.75) is 31.6 Å². The van der Waals surface area contributed by atoms with Crippen molar-refractivity contribution < 1.29 is 22.4 Å². The van der Waals surface area contributed by atoms with Crippen LogP contribution in [-0.2, 0) is 0 Å². The number of nitrogens with one attached hydrogen (secondary N) is 2. The minimum Gasteiger partial charge on any atom is -0.467 e. The van der Waals surface area contributed by atoms with E-state index >= 15 is 0 Å². The number of fused-ring (bicyclic) bond motifs is 1. The van der Waals surface area contributed by atoms with Crippen LogP contribution in [0, 0.1) is 6.92 Å². The molecule has 1 amide bonds. The summed E-state index contributed by atoms with van der Waals surface area (Å²) in [6.45, 7) is 1.78. The number of aryl methyl sites for hydroxylation is 1. The Kier molecular flexibility index (Phi) is 4.95. The zero-order chi connectivity index (χ0) is 23.2. The Balaban J connectivity index is 1.49. The van der Waals surface area contributed by atoms with E-state index in [-0.39, 0.29) is 17.8 Å². The van der Waals surface area contributed by atoms with Gasteiger partial charge in [-0.05, 0) is 31.2 Å². The Labute approximate surface area is 186 Å². The van der Waals surface area contributed by atoms with Crippen LogP contribution < -0.4 is 10.6 Å². The molecule has 0 saturated carbocycles. The number of nitrogens with zero attached hydrogens (tertiary/aromatic N) is 4. The molecule has 0 saturated heterocycles. The van der Waals surface area contributed by atoms with Crippen LogP contribution in [0.4, 0.5) is 24.8 Å². The van der Waals surface area contributed by atoms with E-state index in [2.05, 4.69) is 20.8 Å². The maximum atomic E-state index is 13.8. The van der Waals surface area contributed by atoms with Crippen molar-refractivity contribution in [3.8, 4) is 5.69 Å². The number of alkyl halides is 3. The fraction of sp³-hybridized carbons (Fsp3) is 0.227. The van der Waals surface area contributed by atoms with Crippen LogP contribution in [0.2, 0.25) is 0 Å². The minimum atomic E-state index is -4.55. The Hall–Kier alpha value is -4.02. The number of rotatable bonds is 4. The van der Waals surface area contributed by atoms with E-state index in [4.69, 9.17) is 4.42 Å². The number of hydrogen-bond donors (Lipinski definition) is 2. The number of anilines is 2. The van der Waals surface area contributed by atoms with Gasteiger partial charge in [-0.1, -0.05) is 18.2 Å². The first-order valence-electron chi connectivity index (χ1n) is 10.2. The molecule has 1 aromatic carbocycles. The Morgan fingerprint density at radius 1 is 1.21 bits per heavy atom. The zero-order valence-corrected chi connectivity index (χ0v) is 17.4. The maximum absolute atomic E-state index is 13.8. The molecule has 0 fully saturated rings. The molecule has 2 atom stereocenters. The average molecular weight is 456 g/mol. The Morgan fingerprint density at radius 3 is 2.70 bits per heavy atom. The first kappa shape index (κ1) is 20.9. The van der Waals surface area contributed by atoms with Gasteiger partial charge in [0.25, 0.3) is 5.91 Å². The van der Waals surface area contributed by atoms with Crippen LogP contribution in [-0.4, -0.2) is 31.6 Å². The molecule has 1 aliphatic rings. The van der Waals surface area contributed by atoms with Crippen LogP contribution in [0.15, 0.2) is 65.4 Å². The van der Waals surface area contributed by atoms with Crippen LogP contribution in [0.5, 0.6) is 0 Å². The second-order valence-corrected chi connectivity index (χ2v) is 7.73. The fourth-order valence-corrected chi connectivity index (χ4v) is 3.94. The monoisotopic (exact) mass is 456 g/mol. The van der Waals surface area contributed by atoms with Crippen molar-refractivity contribution in [1.29, 1.82) is 0 Å². The smallest absolute Gasteiger partial charge is 0.410 e. The van der Waals surface area contributed by atoms with E-state index in [1.54, 1.807) is 29.8 Å². The van der Waals surface area contributed by atoms with Crippen molar-refractivity contribution in [2.24, 2.45) is 0 Å². The van der Waals surface area contributed by atoms with E-state index in [9.17, 15) is 18.0 Å². The largest absolute Gasteiger partial charge is 0.467 e. The normalized spacial score (nSPS) is 17.9. The second kappa shape index (κ2) is 7.84. The van der Waals surface area contributed by atoms with Gasteiger partial charge in [-0.15, -0.1) is 0 Å². The van der Waals surface area contributed by atoms with Crippen LogP contribution >= 0.6 is 0 Å². The predicted molar refractivity (Wildman–Crippen MR) is 113 cm³/mol. The van der Waals surface area contributed by atoms with Crippen molar-refractivity contribution >= 4 is 17.5 Å². The summed E-state index contributed by atoms with van der Waals surface area (Å²) in [4.78, 5) is 13.1. The standard InChI is InChI=1S/C22H19F3N6O2/c1-13-10-19(30(29-13)14-6-3-2-4-7-14)28-21(32)15-12-26-31-18(22(23,24)25)11-16(27-20(15)31)17-8-5-9-33-17/h2-10,12,16,18,27H,11H2,1H3,(H,28,32). The van der Waals surface area contributed by atoms with Crippen molar-refractivity contribution in [3.63, 3.8) is 0 Å². The number of halogens is 3. The molecule has 0 aliphatic carbocycles.